The predicted molar refractivity (Wildman–Crippen MR) is 123 cm³/mol. The van der Waals surface area contributed by atoms with Gasteiger partial charge in [0.1, 0.15) is 5.75 Å². The van der Waals surface area contributed by atoms with E-state index in [9.17, 15) is 9.59 Å². The third kappa shape index (κ3) is 11.8. The number of benzene rings is 1. The fraction of sp³-hybridized carbons (Fsp3) is 0.680. The first kappa shape index (κ1) is 26.0. The Kier molecular flexibility index (Phi) is 13.7. The highest BCUT2D eigenvalue weighted by atomic mass is 16.5. The lowest BCUT2D eigenvalue weighted by Crippen LogP contribution is -2.47. The molecule has 30 heavy (non-hydrogen) atoms. The lowest BCUT2D eigenvalue weighted by molar-refractivity contribution is -0.132. The molecule has 0 bridgehead atoms. The zero-order valence-electron chi connectivity index (χ0n) is 19.5. The molecule has 0 fully saturated rings. The second-order valence-electron chi connectivity index (χ2n) is 8.33. The van der Waals surface area contributed by atoms with Gasteiger partial charge in [-0.3, -0.25) is 20.4 Å². The lowest BCUT2D eigenvalue weighted by Gasteiger charge is -2.16. The molecule has 0 saturated heterocycles. The minimum absolute atomic E-state index is 0.155. The van der Waals surface area contributed by atoms with Crippen molar-refractivity contribution in [1.82, 2.24) is 10.9 Å². The van der Waals surface area contributed by atoms with Crippen LogP contribution in [0.3, 0.4) is 0 Å². The maximum atomic E-state index is 12.1. The Morgan fingerprint density at radius 3 is 1.97 bits per heavy atom. The van der Waals surface area contributed by atoms with Crippen LogP contribution in [0.4, 0.5) is 0 Å². The van der Waals surface area contributed by atoms with Crippen molar-refractivity contribution in [1.29, 1.82) is 0 Å². The van der Waals surface area contributed by atoms with Gasteiger partial charge in [0.25, 0.3) is 5.91 Å². The Balaban J connectivity index is 2.05. The molecule has 1 unspecified atom stereocenters. The van der Waals surface area contributed by atoms with Gasteiger partial charge in [0.2, 0.25) is 5.91 Å². The molecule has 0 radical (unpaired) electrons. The van der Waals surface area contributed by atoms with Crippen molar-refractivity contribution >= 4 is 11.8 Å². The number of ether oxygens (including phenoxy) is 1. The summed E-state index contributed by atoms with van der Waals surface area (Å²) in [6.07, 6.45) is 13.5. The quantitative estimate of drug-likeness (QED) is 0.274. The zero-order chi connectivity index (χ0) is 22.2. The summed E-state index contributed by atoms with van der Waals surface area (Å²) in [5.41, 5.74) is 7.23. The molecule has 5 nitrogen and oxygen atoms in total. The summed E-state index contributed by atoms with van der Waals surface area (Å²) >= 11 is 0. The van der Waals surface area contributed by atoms with Gasteiger partial charge < -0.3 is 4.74 Å². The number of rotatable bonds is 15. The van der Waals surface area contributed by atoms with E-state index in [-0.39, 0.29) is 11.8 Å². The lowest BCUT2D eigenvalue weighted by atomic mass is 10.1. The van der Waals surface area contributed by atoms with E-state index in [1.54, 1.807) is 6.92 Å². The van der Waals surface area contributed by atoms with Crippen LogP contribution in [0.1, 0.15) is 102 Å². The van der Waals surface area contributed by atoms with E-state index in [0.29, 0.717) is 12.2 Å². The van der Waals surface area contributed by atoms with Gasteiger partial charge in [0.15, 0.2) is 6.10 Å². The summed E-state index contributed by atoms with van der Waals surface area (Å²) < 4.78 is 5.65. The van der Waals surface area contributed by atoms with E-state index >= 15 is 0 Å². The number of hydrogen-bond acceptors (Lipinski definition) is 3. The fourth-order valence-electron chi connectivity index (χ4n) is 3.29. The van der Waals surface area contributed by atoms with Crippen molar-refractivity contribution in [2.45, 2.75) is 111 Å². The van der Waals surface area contributed by atoms with Crippen LogP contribution in [0, 0.1) is 13.8 Å². The molecule has 0 aromatic heterocycles. The third-order valence-corrected chi connectivity index (χ3v) is 5.49. The SMILES string of the molecule is CCCCCCCCCCCCCC(=O)NNC(=O)C(C)Oc1ccc(C)c(C)c1. The van der Waals surface area contributed by atoms with Crippen LogP contribution >= 0.6 is 0 Å². The molecule has 5 heteroatoms. The molecule has 1 aromatic carbocycles. The molecule has 0 spiro atoms. The molecule has 0 aliphatic carbocycles. The van der Waals surface area contributed by atoms with Gasteiger partial charge in [0.05, 0.1) is 0 Å². The molecular formula is C25H42N2O3. The Morgan fingerprint density at radius 1 is 0.833 bits per heavy atom. The van der Waals surface area contributed by atoms with Gasteiger partial charge >= 0.3 is 0 Å². The summed E-state index contributed by atoms with van der Waals surface area (Å²) in [7, 11) is 0. The average molecular weight is 419 g/mol. The van der Waals surface area contributed by atoms with Gasteiger partial charge in [-0.05, 0) is 50.5 Å². The fourth-order valence-corrected chi connectivity index (χ4v) is 3.29. The van der Waals surface area contributed by atoms with Crippen molar-refractivity contribution in [3.05, 3.63) is 29.3 Å². The molecule has 2 N–H and O–H groups in total. The number of nitrogens with one attached hydrogen (secondary N) is 2. The van der Waals surface area contributed by atoms with Crippen LogP contribution in [0.5, 0.6) is 5.75 Å². The maximum Gasteiger partial charge on any atom is 0.279 e. The molecule has 2 amide bonds. The number of hydrazine groups is 1. The topological polar surface area (TPSA) is 67.4 Å². The summed E-state index contributed by atoms with van der Waals surface area (Å²) in [5.74, 6) is 0.131. The monoisotopic (exact) mass is 418 g/mol. The molecule has 0 aliphatic rings. The van der Waals surface area contributed by atoms with Crippen molar-refractivity contribution in [3.63, 3.8) is 0 Å². The maximum absolute atomic E-state index is 12.1. The van der Waals surface area contributed by atoms with Gasteiger partial charge in [0, 0.05) is 6.42 Å². The standard InChI is InChI=1S/C25H42N2O3/c1-5-6-7-8-9-10-11-12-13-14-15-16-24(28)26-27-25(29)22(4)30-23-18-17-20(2)21(3)19-23/h17-19,22H,5-16H2,1-4H3,(H,26,28)(H,27,29). The van der Waals surface area contributed by atoms with Crippen molar-refractivity contribution in [2.24, 2.45) is 0 Å². The second kappa shape index (κ2) is 15.8. The number of aryl methyl sites for hydroxylation is 2. The number of unbranched alkanes of at least 4 members (excludes halogenated alkanes) is 10. The number of carbonyl (C=O) groups is 2. The molecule has 1 aromatic rings. The van der Waals surface area contributed by atoms with Crippen LogP contribution in [0.2, 0.25) is 0 Å². The van der Waals surface area contributed by atoms with E-state index in [1.165, 1.54) is 63.4 Å². The minimum atomic E-state index is -0.686. The van der Waals surface area contributed by atoms with Crippen LogP contribution in [-0.4, -0.2) is 17.9 Å². The van der Waals surface area contributed by atoms with Gasteiger partial charge in [-0.25, -0.2) is 0 Å². The Labute approximate surface area is 183 Å². The van der Waals surface area contributed by atoms with E-state index in [1.807, 2.05) is 32.0 Å². The smallest absolute Gasteiger partial charge is 0.279 e. The van der Waals surface area contributed by atoms with Crippen molar-refractivity contribution in [3.8, 4) is 5.75 Å². The van der Waals surface area contributed by atoms with Crippen LogP contribution < -0.4 is 15.6 Å². The molecule has 0 heterocycles. The Hall–Kier alpha value is -2.04. The Morgan fingerprint density at radius 2 is 1.40 bits per heavy atom. The molecule has 1 rings (SSSR count). The number of carbonyl (C=O) groups excluding carboxylic acids is 2. The van der Waals surface area contributed by atoms with Gasteiger partial charge in [-0.2, -0.15) is 0 Å². The third-order valence-electron chi connectivity index (χ3n) is 5.49. The molecule has 0 aliphatic heterocycles. The largest absolute Gasteiger partial charge is 0.481 e. The predicted octanol–water partition coefficient (Wildman–Crippen LogP) is 5.92. The van der Waals surface area contributed by atoms with E-state index < -0.39 is 6.10 Å². The summed E-state index contributed by atoms with van der Waals surface area (Å²) in [6.45, 7) is 7.94. The summed E-state index contributed by atoms with van der Waals surface area (Å²) in [4.78, 5) is 24.0. The average Bonchev–Trinajstić information content (AvgIpc) is 2.72. The first-order chi connectivity index (χ1) is 14.4. The molecule has 0 saturated carbocycles. The van der Waals surface area contributed by atoms with Crippen LogP contribution in [-0.2, 0) is 9.59 Å². The summed E-state index contributed by atoms with van der Waals surface area (Å²) in [6, 6.07) is 5.71. The first-order valence-corrected chi connectivity index (χ1v) is 11.8. The second-order valence-corrected chi connectivity index (χ2v) is 8.33. The van der Waals surface area contributed by atoms with Gasteiger partial charge in [-0.15, -0.1) is 0 Å². The van der Waals surface area contributed by atoms with Crippen molar-refractivity contribution in [2.75, 3.05) is 0 Å². The van der Waals surface area contributed by atoms with Crippen LogP contribution in [0.25, 0.3) is 0 Å². The number of hydrogen-bond donors (Lipinski definition) is 2. The molecular weight excluding hydrogens is 376 g/mol. The normalized spacial score (nSPS) is 11.7. The van der Waals surface area contributed by atoms with E-state index in [4.69, 9.17) is 4.74 Å². The highest BCUT2D eigenvalue weighted by molar-refractivity contribution is 5.84. The van der Waals surface area contributed by atoms with E-state index in [2.05, 4.69) is 17.8 Å². The van der Waals surface area contributed by atoms with Gasteiger partial charge in [-0.1, -0.05) is 77.2 Å². The van der Waals surface area contributed by atoms with Crippen molar-refractivity contribution < 1.29 is 14.3 Å². The number of amides is 2. The Bertz CT molecular complexity index is 631. The van der Waals surface area contributed by atoms with Crippen LogP contribution in [0.15, 0.2) is 18.2 Å². The van der Waals surface area contributed by atoms with E-state index in [0.717, 1.165) is 18.4 Å². The first-order valence-electron chi connectivity index (χ1n) is 11.8. The molecule has 170 valence electrons. The highest BCUT2D eigenvalue weighted by Gasteiger charge is 2.15. The highest BCUT2D eigenvalue weighted by Crippen LogP contribution is 2.17. The zero-order valence-corrected chi connectivity index (χ0v) is 19.5. The molecule has 1 atom stereocenters. The summed E-state index contributed by atoms with van der Waals surface area (Å²) in [5, 5.41) is 0. The minimum Gasteiger partial charge on any atom is -0.481 e.